The molecule has 0 bridgehead atoms. The molecular weight excluding hydrogens is 242 g/mol. The van der Waals surface area contributed by atoms with Crippen LogP contribution in [0.5, 0.6) is 0 Å². The lowest BCUT2D eigenvalue weighted by Crippen LogP contribution is -2.34. The molecule has 0 spiro atoms. The van der Waals surface area contributed by atoms with Gasteiger partial charge in [0.05, 0.1) is 0 Å². The van der Waals surface area contributed by atoms with E-state index in [1.54, 1.807) is 6.92 Å². The third-order valence-corrected chi connectivity index (χ3v) is 3.58. The van der Waals surface area contributed by atoms with Gasteiger partial charge >= 0.3 is 0 Å². The zero-order chi connectivity index (χ0) is 13.8. The lowest BCUT2D eigenvalue weighted by molar-refractivity contribution is 0.0945. The number of nitrogen functional groups attached to an aromatic ring is 1. The standard InChI is InChI=1S/C13H23N5O/c1-9(8-18-5-3-4-6-18)7-15-13(19)11-10(2)16-17-12(11)14/h9H,3-8H2,1-2H3,(H,15,19)(H3,14,16,17). The zero-order valence-corrected chi connectivity index (χ0v) is 11.7. The minimum atomic E-state index is -0.142. The van der Waals surface area contributed by atoms with Gasteiger partial charge in [-0.05, 0) is 38.8 Å². The minimum Gasteiger partial charge on any atom is -0.382 e. The number of carbonyl (C=O) groups excluding carboxylic acids is 1. The SMILES string of the molecule is Cc1[nH]nc(N)c1C(=O)NCC(C)CN1CCCC1. The molecule has 2 rings (SSSR count). The molecule has 6 heteroatoms. The third kappa shape index (κ3) is 3.47. The first-order valence-corrected chi connectivity index (χ1v) is 6.89. The van der Waals surface area contributed by atoms with Crippen LogP contribution in [-0.2, 0) is 0 Å². The molecular formula is C13H23N5O. The van der Waals surface area contributed by atoms with Gasteiger partial charge in [0.1, 0.15) is 5.56 Å². The van der Waals surface area contributed by atoms with Gasteiger partial charge in [-0.25, -0.2) is 0 Å². The predicted octanol–water partition coefficient (Wildman–Crippen LogP) is 0.762. The van der Waals surface area contributed by atoms with Crippen LogP contribution in [0.15, 0.2) is 0 Å². The highest BCUT2D eigenvalue weighted by molar-refractivity contribution is 5.99. The zero-order valence-electron chi connectivity index (χ0n) is 11.7. The highest BCUT2D eigenvalue weighted by Gasteiger charge is 2.18. The number of nitrogens with zero attached hydrogens (tertiary/aromatic N) is 2. The van der Waals surface area contributed by atoms with Gasteiger partial charge in [0.25, 0.3) is 5.91 Å². The van der Waals surface area contributed by atoms with Crippen molar-refractivity contribution >= 4 is 11.7 Å². The maximum atomic E-state index is 12.0. The molecule has 0 aliphatic carbocycles. The molecule has 1 aromatic heterocycles. The van der Waals surface area contributed by atoms with E-state index in [1.165, 1.54) is 25.9 Å². The normalized spacial score (nSPS) is 17.6. The number of hydrogen-bond donors (Lipinski definition) is 3. The van der Waals surface area contributed by atoms with Crippen molar-refractivity contribution < 1.29 is 4.79 Å². The van der Waals surface area contributed by atoms with Crippen LogP contribution in [0.1, 0.15) is 35.8 Å². The van der Waals surface area contributed by atoms with Crippen LogP contribution in [0.2, 0.25) is 0 Å². The molecule has 1 atom stereocenters. The number of aromatic amines is 1. The first-order chi connectivity index (χ1) is 9.08. The number of aryl methyl sites for hydroxylation is 1. The lowest BCUT2D eigenvalue weighted by Gasteiger charge is -2.20. The lowest BCUT2D eigenvalue weighted by atomic mass is 10.1. The molecule has 1 aromatic rings. The summed E-state index contributed by atoms with van der Waals surface area (Å²) in [5, 5.41) is 9.49. The van der Waals surface area contributed by atoms with E-state index < -0.39 is 0 Å². The molecule has 1 amide bonds. The summed E-state index contributed by atoms with van der Waals surface area (Å²) >= 11 is 0. The van der Waals surface area contributed by atoms with Crippen molar-refractivity contribution in [1.29, 1.82) is 0 Å². The van der Waals surface area contributed by atoms with Crippen LogP contribution < -0.4 is 11.1 Å². The average Bonchev–Trinajstić information content (AvgIpc) is 2.97. The second kappa shape index (κ2) is 6.06. The van der Waals surface area contributed by atoms with Gasteiger partial charge in [-0.2, -0.15) is 5.10 Å². The van der Waals surface area contributed by atoms with Crippen molar-refractivity contribution in [2.24, 2.45) is 5.92 Å². The first kappa shape index (κ1) is 13.9. The molecule has 2 heterocycles. The van der Waals surface area contributed by atoms with Crippen molar-refractivity contribution in [3.05, 3.63) is 11.3 Å². The Morgan fingerprint density at radius 1 is 1.53 bits per heavy atom. The smallest absolute Gasteiger partial charge is 0.256 e. The largest absolute Gasteiger partial charge is 0.382 e. The minimum absolute atomic E-state index is 0.142. The number of anilines is 1. The van der Waals surface area contributed by atoms with E-state index in [2.05, 4.69) is 27.3 Å². The van der Waals surface area contributed by atoms with E-state index >= 15 is 0 Å². The van der Waals surface area contributed by atoms with Crippen molar-refractivity contribution in [3.63, 3.8) is 0 Å². The summed E-state index contributed by atoms with van der Waals surface area (Å²) in [5.41, 5.74) is 6.85. The molecule has 6 nitrogen and oxygen atoms in total. The molecule has 1 unspecified atom stereocenters. The second-order valence-electron chi connectivity index (χ2n) is 5.43. The van der Waals surface area contributed by atoms with Gasteiger partial charge in [0.2, 0.25) is 0 Å². The molecule has 19 heavy (non-hydrogen) atoms. The first-order valence-electron chi connectivity index (χ1n) is 6.89. The fraction of sp³-hybridized carbons (Fsp3) is 0.692. The number of H-pyrrole nitrogens is 1. The van der Waals surface area contributed by atoms with Gasteiger partial charge in [-0.15, -0.1) is 0 Å². The van der Waals surface area contributed by atoms with Crippen LogP contribution >= 0.6 is 0 Å². The van der Waals surface area contributed by atoms with Gasteiger partial charge in [-0.1, -0.05) is 6.92 Å². The number of nitrogens with one attached hydrogen (secondary N) is 2. The summed E-state index contributed by atoms with van der Waals surface area (Å²) in [4.78, 5) is 14.5. The Labute approximate surface area is 113 Å². The maximum absolute atomic E-state index is 12.0. The number of hydrogen-bond acceptors (Lipinski definition) is 4. The topological polar surface area (TPSA) is 87.0 Å². The molecule has 0 aromatic carbocycles. The van der Waals surface area contributed by atoms with Gasteiger partial charge < -0.3 is 16.0 Å². The summed E-state index contributed by atoms with van der Waals surface area (Å²) in [5.74, 6) is 0.565. The Morgan fingerprint density at radius 3 is 2.79 bits per heavy atom. The van der Waals surface area contributed by atoms with E-state index in [1.807, 2.05) is 0 Å². The number of amides is 1. The summed E-state index contributed by atoms with van der Waals surface area (Å²) < 4.78 is 0. The van der Waals surface area contributed by atoms with Crippen LogP contribution in [-0.4, -0.2) is 47.2 Å². The Morgan fingerprint density at radius 2 is 2.21 bits per heavy atom. The Balaban J connectivity index is 1.80. The van der Waals surface area contributed by atoms with E-state index in [9.17, 15) is 4.79 Å². The van der Waals surface area contributed by atoms with Crippen molar-refractivity contribution in [2.75, 3.05) is 31.9 Å². The predicted molar refractivity (Wildman–Crippen MR) is 74.9 cm³/mol. The van der Waals surface area contributed by atoms with E-state index in [0.29, 0.717) is 23.7 Å². The number of nitrogens with two attached hydrogens (primary N) is 1. The van der Waals surface area contributed by atoms with Crippen molar-refractivity contribution in [1.82, 2.24) is 20.4 Å². The van der Waals surface area contributed by atoms with Crippen LogP contribution in [0.4, 0.5) is 5.82 Å². The van der Waals surface area contributed by atoms with Gasteiger partial charge in [0.15, 0.2) is 5.82 Å². The Kier molecular flexibility index (Phi) is 4.42. The molecule has 1 fully saturated rings. The van der Waals surface area contributed by atoms with E-state index in [-0.39, 0.29) is 11.7 Å². The maximum Gasteiger partial charge on any atom is 0.256 e. The average molecular weight is 265 g/mol. The monoisotopic (exact) mass is 265 g/mol. The second-order valence-corrected chi connectivity index (χ2v) is 5.43. The third-order valence-electron chi connectivity index (χ3n) is 3.58. The number of rotatable bonds is 5. The molecule has 4 N–H and O–H groups in total. The molecule has 1 aliphatic rings. The quantitative estimate of drug-likeness (QED) is 0.733. The Bertz CT molecular complexity index is 417. The fourth-order valence-electron chi connectivity index (χ4n) is 2.56. The number of aromatic nitrogens is 2. The molecule has 106 valence electrons. The van der Waals surface area contributed by atoms with E-state index in [4.69, 9.17) is 5.73 Å². The highest BCUT2D eigenvalue weighted by atomic mass is 16.1. The van der Waals surface area contributed by atoms with Crippen LogP contribution in [0, 0.1) is 12.8 Å². The Hall–Kier alpha value is -1.56. The number of carbonyl (C=O) groups is 1. The molecule has 1 aliphatic heterocycles. The van der Waals surface area contributed by atoms with Gasteiger partial charge in [0, 0.05) is 18.8 Å². The fourth-order valence-corrected chi connectivity index (χ4v) is 2.56. The molecule has 0 saturated carbocycles. The summed E-state index contributed by atoms with van der Waals surface area (Å²) in [7, 11) is 0. The summed E-state index contributed by atoms with van der Waals surface area (Å²) in [6.07, 6.45) is 2.59. The number of likely N-dealkylation sites (tertiary alicyclic amines) is 1. The van der Waals surface area contributed by atoms with Crippen LogP contribution in [0.25, 0.3) is 0 Å². The molecule has 1 saturated heterocycles. The van der Waals surface area contributed by atoms with Crippen molar-refractivity contribution in [3.8, 4) is 0 Å². The summed E-state index contributed by atoms with van der Waals surface area (Å²) in [6, 6.07) is 0. The summed E-state index contributed by atoms with van der Waals surface area (Å²) in [6.45, 7) is 8.04. The van der Waals surface area contributed by atoms with Crippen molar-refractivity contribution in [2.45, 2.75) is 26.7 Å². The van der Waals surface area contributed by atoms with Gasteiger partial charge in [-0.3, -0.25) is 9.89 Å². The molecule has 0 radical (unpaired) electrons. The highest BCUT2D eigenvalue weighted by Crippen LogP contribution is 2.13. The van der Waals surface area contributed by atoms with E-state index in [0.717, 1.165) is 6.54 Å². The van der Waals surface area contributed by atoms with Crippen LogP contribution in [0.3, 0.4) is 0 Å².